The van der Waals surface area contributed by atoms with E-state index in [0.29, 0.717) is 13.1 Å². The maximum atomic E-state index is 12.8. The van der Waals surface area contributed by atoms with E-state index in [1.807, 2.05) is 37.8 Å². The first-order valence-electron chi connectivity index (χ1n) is 6.96. The molecule has 3 nitrogen and oxygen atoms in total. The first-order valence-corrected chi connectivity index (χ1v) is 7.75. The number of hydrogen-bond donors (Lipinski definition) is 1. The second kappa shape index (κ2) is 5.15. The van der Waals surface area contributed by atoms with Crippen molar-refractivity contribution in [2.75, 3.05) is 18.0 Å². The first-order chi connectivity index (χ1) is 9.12. The van der Waals surface area contributed by atoms with Gasteiger partial charge in [0, 0.05) is 28.8 Å². The number of aryl methyl sites for hydroxylation is 1. The molecule has 1 aliphatic heterocycles. The van der Waals surface area contributed by atoms with Crippen LogP contribution in [0.2, 0.25) is 0 Å². The van der Waals surface area contributed by atoms with Gasteiger partial charge >= 0.3 is 0 Å². The largest absolute Gasteiger partial charge is 0.310 e. The molecule has 0 aliphatic carbocycles. The Morgan fingerprint density at radius 3 is 2.50 bits per heavy atom. The van der Waals surface area contributed by atoms with Gasteiger partial charge in [-0.25, -0.2) is 0 Å². The molecule has 1 N–H and O–H groups in total. The van der Waals surface area contributed by atoms with Gasteiger partial charge in [-0.05, 0) is 58.4 Å². The highest BCUT2D eigenvalue weighted by atomic mass is 79.9. The fourth-order valence-electron chi connectivity index (χ4n) is 2.43. The summed E-state index contributed by atoms with van der Waals surface area (Å²) in [5, 5.41) is 3.50. The van der Waals surface area contributed by atoms with Crippen LogP contribution in [0.5, 0.6) is 0 Å². The van der Waals surface area contributed by atoms with E-state index in [9.17, 15) is 4.79 Å². The van der Waals surface area contributed by atoms with Crippen molar-refractivity contribution in [2.45, 2.75) is 40.2 Å². The third kappa shape index (κ3) is 3.07. The Kier molecular flexibility index (Phi) is 4.00. The summed E-state index contributed by atoms with van der Waals surface area (Å²) >= 11 is 3.51. The van der Waals surface area contributed by atoms with Gasteiger partial charge in [-0.15, -0.1) is 0 Å². The number of nitrogens with one attached hydrogen (secondary N) is 1. The molecule has 0 atom stereocenters. The van der Waals surface area contributed by atoms with Crippen LogP contribution in [-0.2, 0) is 4.79 Å². The lowest BCUT2D eigenvalue weighted by Crippen LogP contribution is -2.47. The van der Waals surface area contributed by atoms with Gasteiger partial charge in [0.2, 0.25) is 5.91 Å². The highest BCUT2D eigenvalue weighted by Gasteiger charge is 2.39. The minimum atomic E-state index is -0.394. The third-order valence-electron chi connectivity index (χ3n) is 3.84. The zero-order valence-electron chi connectivity index (χ0n) is 12.9. The summed E-state index contributed by atoms with van der Waals surface area (Å²) in [5.74, 6) is 0.178. The SMILES string of the molecule is Cc1cc(N2CC(C)(C)NCC(C)(C)C2=O)ccc1Br. The van der Waals surface area contributed by atoms with Crippen LogP contribution in [0.15, 0.2) is 22.7 Å². The minimum absolute atomic E-state index is 0.0928. The van der Waals surface area contributed by atoms with E-state index in [4.69, 9.17) is 0 Å². The fraction of sp³-hybridized carbons (Fsp3) is 0.562. The number of benzene rings is 1. The molecular weight excluding hydrogens is 316 g/mol. The first kappa shape index (κ1) is 15.5. The lowest BCUT2D eigenvalue weighted by atomic mass is 9.91. The summed E-state index contributed by atoms with van der Waals surface area (Å²) in [4.78, 5) is 14.7. The molecule has 0 spiro atoms. The molecule has 4 heteroatoms. The van der Waals surface area contributed by atoms with E-state index < -0.39 is 5.41 Å². The monoisotopic (exact) mass is 338 g/mol. The van der Waals surface area contributed by atoms with Gasteiger partial charge in [0.15, 0.2) is 0 Å². The van der Waals surface area contributed by atoms with Crippen molar-refractivity contribution in [3.8, 4) is 0 Å². The highest BCUT2D eigenvalue weighted by molar-refractivity contribution is 9.10. The Labute approximate surface area is 129 Å². The van der Waals surface area contributed by atoms with E-state index >= 15 is 0 Å². The van der Waals surface area contributed by atoms with Gasteiger partial charge in [0.25, 0.3) is 0 Å². The van der Waals surface area contributed by atoms with Gasteiger partial charge in [0.1, 0.15) is 0 Å². The van der Waals surface area contributed by atoms with E-state index in [1.165, 1.54) is 0 Å². The summed E-state index contributed by atoms with van der Waals surface area (Å²) in [6, 6.07) is 6.09. The Bertz CT molecular complexity index is 537. The number of amides is 1. The molecule has 1 aromatic carbocycles. The summed E-state index contributed by atoms with van der Waals surface area (Å²) in [6.45, 7) is 11.7. The number of nitrogens with zero attached hydrogens (tertiary/aromatic N) is 1. The molecular formula is C16H23BrN2O. The van der Waals surface area contributed by atoms with Crippen molar-refractivity contribution >= 4 is 27.5 Å². The average Bonchev–Trinajstić information content (AvgIpc) is 2.43. The van der Waals surface area contributed by atoms with Crippen molar-refractivity contribution in [2.24, 2.45) is 5.41 Å². The predicted octanol–water partition coefficient (Wildman–Crippen LogP) is 3.50. The predicted molar refractivity (Wildman–Crippen MR) is 87.1 cm³/mol. The van der Waals surface area contributed by atoms with Crippen LogP contribution in [0.25, 0.3) is 0 Å². The van der Waals surface area contributed by atoms with Crippen molar-refractivity contribution in [1.82, 2.24) is 5.32 Å². The topological polar surface area (TPSA) is 32.3 Å². The molecule has 1 amide bonds. The van der Waals surface area contributed by atoms with E-state index in [0.717, 1.165) is 15.7 Å². The van der Waals surface area contributed by atoms with Crippen molar-refractivity contribution in [3.05, 3.63) is 28.2 Å². The summed E-state index contributed by atoms with van der Waals surface area (Å²) < 4.78 is 1.07. The van der Waals surface area contributed by atoms with Crippen molar-refractivity contribution in [3.63, 3.8) is 0 Å². The van der Waals surface area contributed by atoms with Crippen LogP contribution >= 0.6 is 15.9 Å². The number of carbonyl (C=O) groups excluding carboxylic acids is 1. The maximum Gasteiger partial charge on any atom is 0.233 e. The van der Waals surface area contributed by atoms with Crippen LogP contribution in [0, 0.1) is 12.3 Å². The number of carbonyl (C=O) groups is 1. The van der Waals surface area contributed by atoms with E-state index in [-0.39, 0.29) is 11.4 Å². The normalized spacial score (nSPS) is 21.7. The average molecular weight is 339 g/mol. The minimum Gasteiger partial charge on any atom is -0.310 e. The molecule has 0 unspecified atom stereocenters. The second-order valence-corrected chi connectivity index (χ2v) is 7.80. The van der Waals surface area contributed by atoms with E-state index in [2.05, 4.69) is 41.2 Å². The molecule has 110 valence electrons. The fourth-order valence-corrected chi connectivity index (χ4v) is 2.68. The highest BCUT2D eigenvalue weighted by Crippen LogP contribution is 2.30. The molecule has 0 radical (unpaired) electrons. The Morgan fingerprint density at radius 1 is 1.25 bits per heavy atom. The molecule has 1 aliphatic rings. The van der Waals surface area contributed by atoms with Crippen LogP contribution in [0.4, 0.5) is 5.69 Å². The quantitative estimate of drug-likeness (QED) is 0.849. The molecule has 1 heterocycles. The van der Waals surface area contributed by atoms with Crippen molar-refractivity contribution in [1.29, 1.82) is 0 Å². The zero-order valence-corrected chi connectivity index (χ0v) is 14.5. The van der Waals surface area contributed by atoms with Crippen LogP contribution in [0.1, 0.15) is 33.3 Å². The lowest BCUT2D eigenvalue weighted by molar-refractivity contribution is -0.125. The van der Waals surface area contributed by atoms with Gasteiger partial charge in [-0.1, -0.05) is 15.9 Å². The van der Waals surface area contributed by atoms with Crippen molar-refractivity contribution < 1.29 is 4.79 Å². The number of halogens is 1. The third-order valence-corrected chi connectivity index (χ3v) is 4.73. The van der Waals surface area contributed by atoms with Crippen LogP contribution < -0.4 is 10.2 Å². The molecule has 1 saturated heterocycles. The molecule has 20 heavy (non-hydrogen) atoms. The molecule has 0 bridgehead atoms. The van der Waals surface area contributed by atoms with Crippen LogP contribution in [0.3, 0.4) is 0 Å². The Morgan fingerprint density at radius 2 is 1.90 bits per heavy atom. The second-order valence-electron chi connectivity index (χ2n) is 6.95. The van der Waals surface area contributed by atoms with Gasteiger partial charge < -0.3 is 10.2 Å². The van der Waals surface area contributed by atoms with Gasteiger partial charge in [-0.2, -0.15) is 0 Å². The molecule has 0 aromatic heterocycles. The lowest BCUT2D eigenvalue weighted by Gasteiger charge is -2.31. The summed E-state index contributed by atoms with van der Waals surface area (Å²) in [7, 11) is 0. The molecule has 1 fully saturated rings. The molecule has 0 saturated carbocycles. The molecule has 2 rings (SSSR count). The number of anilines is 1. The Hall–Kier alpha value is -0.870. The summed E-state index contributed by atoms with van der Waals surface area (Å²) in [6.07, 6.45) is 0. The zero-order chi connectivity index (χ0) is 15.1. The van der Waals surface area contributed by atoms with Crippen LogP contribution in [-0.4, -0.2) is 24.5 Å². The molecule has 1 aromatic rings. The number of rotatable bonds is 1. The summed E-state index contributed by atoms with van der Waals surface area (Å²) in [5.41, 5.74) is 1.63. The number of hydrogen-bond acceptors (Lipinski definition) is 2. The Balaban J connectivity index is 2.44. The van der Waals surface area contributed by atoms with Gasteiger partial charge in [-0.3, -0.25) is 4.79 Å². The maximum absolute atomic E-state index is 12.8. The van der Waals surface area contributed by atoms with E-state index in [1.54, 1.807) is 0 Å². The van der Waals surface area contributed by atoms with Gasteiger partial charge in [0.05, 0.1) is 5.41 Å². The smallest absolute Gasteiger partial charge is 0.233 e. The standard InChI is InChI=1S/C16H23BrN2O/c1-11-8-12(6-7-13(11)17)19-10-16(4,5)18-9-15(2,3)14(19)20/h6-8,18H,9-10H2,1-5H3.